The van der Waals surface area contributed by atoms with Crippen molar-refractivity contribution in [3.63, 3.8) is 0 Å². The number of amides is 1. The summed E-state index contributed by atoms with van der Waals surface area (Å²) in [5.41, 5.74) is 2.97. The molecule has 9 heteroatoms. The fourth-order valence-electron chi connectivity index (χ4n) is 3.88. The average Bonchev–Trinajstić information content (AvgIpc) is 3.75. The molecule has 0 saturated heterocycles. The predicted molar refractivity (Wildman–Crippen MR) is 118 cm³/mol. The van der Waals surface area contributed by atoms with Crippen LogP contribution in [0.5, 0.6) is 0 Å². The second kappa shape index (κ2) is 7.37. The fourth-order valence-corrected chi connectivity index (χ4v) is 3.88. The number of carbonyl (C=O) groups is 1. The Morgan fingerprint density at radius 1 is 1.12 bits per heavy atom. The number of imidazole rings is 1. The van der Waals surface area contributed by atoms with Gasteiger partial charge in [0.2, 0.25) is 0 Å². The Morgan fingerprint density at radius 2 is 2.00 bits per heavy atom. The number of aryl methyl sites for hydroxylation is 1. The first kappa shape index (κ1) is 18.9. The molecule has 1 N–H and O–H groups in total. The monoisotopic (exact) mass is 426 g/mol. The van der Waals surface area contributed by atoms with Gasteiger partial charge in [-0.25, -0.2) is 9.97 Å². The molecule has 0 radical (unpaired) electrons. The van der Waals surface area contributed by atoms with E-state index < -0.39 is 0 Å². The van der Waals surface area contributed by atoms with Gasteiger partial charge < -0.3 is 14.5 Å². The summed E-state index contributed by atoms with van der Waals surface area (Å²) in [5, 5.41) is 11.1. The van der Waals surface area contributed by atoms with Crippen molar-refractivity contribution in [3.8, 4) is 17.2 Å². The molecule has 0 aliphatic heterocycles. The van der Waals surface area contributed by atoms with Crippen molar-refractivity contribution in [2.75, 3.05) is 5.32 Å². The van der Waals surface area contributed by atoms with Crippen LogP contribution in [0.3, 0.4) is 0 Å². The number of nitrogens with zero attached hydrogens (tertiary/aromatic N) is 7. The highest BCUT2D eigenvalue weighted by atomic mass is 16.1. The van der Waals surface area contributed by atoms with Crippen molar-refractivity contribution in [2.45, 2.75) is 44.6 Å². The molecule has 0 atom stereocenters. The van der Waals surface area contributed by atoms with Crippen LogP contribution in [0.15, 0.2) is 49.1 Å². The minimum absolute atomic E-state index is 0.317. The molecule has 0 unspecified atom stereocenters. The fraction of sp³-hybridized carbons (Fsp3) is 0.304. The molecule has 32 heavy (non-hydrogen) atoms. The lowest BCUT2D eigenvalue weighted by Gasteiger charge is -2.09. The van der Waals surface area contributed by atoms with Gasteiger partial charge in [0.05, 0.1) is 11.4 Å². The van der Waals surface area contributed by atoms with Crippen molar-refractivity contribution >= 4 is 11.7 Å². The van der Waals surface area contributed by atoms with E-state index in [2.05, 4.69) is 36.7 Å². The lowest BCUT2D eigenvalue weighted by atomic mass is 10.2. The van der Waals surface area contributed by atoms with Crippen LogP contribution >= 0.6 is 0 Å². The topological polar surface area (TPSA) is 103 Å². The zero-order valence-electron chi connectivity index (χ0n) is 17.6. The normalized spacial score (nSPS) is 15.7. The summed E-state index contributed by atoms with van der Waals surface area (Å²) in [6, 6.07) is 9.57. The Hall–Kier alpha value is -3.88. The van der Waals surface area contributed by atoms with Gasteiger partial charge in [-0.15, -0.1) is 10.2 Å². The van der Waals surface area contributed by atoms with Crippen molar-refractivity contribution in [3.05, 3.63) is 66.3 Å². The highest BCUT2D eigenvalue weighted by Gasteiger charge is 2.28. The van der Waals surface area contributed by atoms with Crippen LogP contribution in [0.2, 0.25) is 0 Å². The lowest BCUT2D eigenvalue weighted by molar-refractivity contribution is 0.102. The van der Waals surface area contributed by atoms with E-state index in [1.165, 1.54) is 12.8 Å². The van der Waals surface area contributed by atoms with Gasteiger partial charge in [-0.2, -0.15) is 0 Å². The third-order valence-electron chi connectivity index (χ3n) is 5.88. The van der Waals surface area contributed by atoms with E-state index in [9.17, 15) is 4.79 Å². The molecule has 6 rings (SSSR count). The minimum Gasteiger partial charge on any atom is -0.309 e. The van der Waals surface area contributed by atoms with Crippen molar-refractivity contribution < 1.29 is 4.79 Å². The van der Waals surface area contributed by atoms with Crippen LogP contribution in [0, 0.1) is 6.92 Å². The number of rotatable bonds is 6. The molecular formula is C23H22N8O. The molecule has 4 aromatic rings. The van der Waals surface area contributed by atoms with E-state index in [1.54, 1.807) is 24.7 Å². The lowest BCUT2D eigenvalue weighted by Crippen LogP contribution is -2.15. The van der Waals surface area contributed by atoms with Crippen LogP contribution in [0.25, 0.3) is 17.2 Å². The summed E-state index contributed by atoms with van der Waals surface area (Å²) in [6.45, 7) is 1.97. The highest BCUT2D eigenvalue weighted by molar-refractivity contribution is 6.02. The van der Waals surface area contributed by atoms with Crippen LogP contribution in [-0.2, 0) is 0 Å². The van der Waals surface area contributed by atoms with Crippen molar-refractivity contribution in [2.24, 2.45) is 0 Å². The van der Waals surface area contributed by atoms with Gasteiger partial charge >= 0.3 is 0 Å². The number of pyridine rings is 2. The first-order valence-electron chi connectivity index (χ1n) is 10.9. The van der Waals surface area contributed by atoms with Gasteiger partial charge in [-0.05, 0) is 56.9 Å². The molecule has 0 bridgehead atoms. The second-order valence-corrected chi connectivity index (χ2v) is 8.41. The first-order valence-corrected chi connectivity index (χ1v) is 10.9. The first-order chi connectivity index (χ1) is 15.7. The smallest absolute Gasteiger partial charge is 0.275 e. The Balaban J connectivity index is 1.24. The SMILES string of the molecule is Cc1nc(C2CC2)cn1-c1ccnc(C(=O)Nc2cccc(-c3nncn3C3CC3)n2)c1. The third-order valence-corrected chi connectivity index (χ3v) is 5.88. The zero-order chi connectivity index (χ0) is 21.7. The van der Waals surface area contributed by atoms with Gasteiger partial charge in [0.25, 0.3) is 5.91 Å². The third kappa shape index (κ3) is 3.55. The quantitative estimate of drug-likeness (QED) is 0.504. The summed E-state index contributed by atoms with van der Waals surface area (Å²) >= 11 is 0. The summed E-state index contributed by atoms with van der Waals surface area (Å²) in [4.78, 5) is 26.4. The van der Waals surface area contributed by atoms with Crippen LogP contribution in [0.4, 0.5) is 5.82 Å². The number of nitrogens with one attached hydrogen (secondary N) is 1. The largest absolute Gasteiger partial charge is 0.309 e. The molecule has 2 fully saturated rings. The Morgan fingerprint density at radius 3 is 2.81 bits per heavy atom. The number of hydrogen-bond donors (Lipinski definition) is 1. The van der Waals surface area contributed by atoms with Gasteiger partial charge in [0.15, 0.2) is 5.82 Å². The number of hydrogen-bond acceptors (Lipinski definition) is 6. The maximum absolute atomic E-state index is 12.9. The summed E-state index contributed by atoms with van der Waals surface area (Å²) < 4.78 is 4.05. The maximum atomic E-state index is 12.9. The second-order valence-electron chi connectivity index (χ2n) is 8.41. The molecule has 2 aliphatic carbocycles. The van der Waals surface area contributed by atoms with Gasteiger partial charge in [0.1, 0.15) is 29.4 Å². The molecule has 0 spiro atoms. The van der Waals surface area contributed by atoms with E-state index in [0.717, 1.165) is 30.0 Å². The number of aromatic nitrogens is 7. The van der Waals surface area contributed by atoms with E-state index in [4.69, 9.17) is 0 Å². The van der Waals surface area contributed by atoms with Gasteiger partial charge in [-0.3, -0.25) is 9.78 Å². The Bertz CT molecular complexity index is 1320. The summed E-state index contributed by atoms with van der Waals surface area (Å²) in [7, 11) is 0. The van der Waals surface area contributed by atoms with E-state index in [-0.39, 0.29) is 5.91 Å². The molecular weight excluding hydrogens is 404 g/mol. The molecule has 0 aromatic carbocycles. The Kier molecular flexibility index (Phi) is 4.34. The molecule has 160 valence electrons. The van der Waals surface area contributed by atoms with Crippen molar-refractivity contribution in [1.82, 2.24) is 34.3 Å². The summed E-state index contributed by atoms with van der Waals surface area (Å²) in [5.74, 6) is 2.31. The Labute approximate surface area is 184 Å². The molecule has 1 amide bonds. The average molecular weight is 426 g/mol. The van der Waals surface area contributed by atoms with Crippen LogP contribution in [-0.4, -0.2) is 40.2 Å². The maximum Gasteiger partial charge on any atom is 0.275 e. The number of carbonyl (C=O) groups excluding carboxylic acids is 1. The van der Waals surface area contributed by atoms with Gasteiger partial charge in [0, 0.05) is 24.4 Å². The van der Waals surface area contributed by atoms with Crippen molar-refractivity contribution in [1.29, 1.82) is 0 Å². The highest BCUT2D eigenvalue weighted by Crippen LogP contribution is 2.39. The minimum atomic E-state index is -0.319. The zero-order valence-corrected chi connectivity index (χ0v) is 17.6. The predicted octanol–water partition coefficient (Wildman–Crippen LogP) is 3.69. The molecule has 4 aromatic heterocycles. The standard InChI is InChI=1S/C23H22N8O/c1-14-26-20(15-5-6-15)12-30(14)17-9-10-24-19(11-17)23(32)28-21-4-2-3-18(27-21)22-29-25-13-31(22)16-7-8-16/h2-4,9-13,15-16H,5-8H2,1H3,(H,27,28,32). The summed E-state index contributed by atoms with van der Waals surface area (Å²) in [6.07, 6.45) is 10.1. The number of anilines is 1. The van der Waals surface area contributed by atoms with Crippen LogP contribution in [0.1, 0.15) is 59.6 Å². The van der Waals surface area contributed by atoms with E-state index in [0.29, 0.717) is 35.0 Å². The van der Waals surface area contributed by atoms with Gasteiger partial charge in [-0.1, -0.05) is 6.07 Å². The van der Waals surface area contributed by atoms with E-state index in [1.807, 2.05) is 34.3 Å². The molecule has 2 aliphatic rings. The molecule has 9 nitrogen and oxygen atoms in total. The van der Waals surface area contributed by atoms with Crippen LogP contribution < -0.4 is 5.32 Å². The molecule has 2 saturated carbocycles. The van der Waals surface area contributed by atoms with E-state index >= 15 is 0 Å². The molecule has 4 heterocycles.